The van der Waals surface area contributed by atoms with E-state index in [9.17, 15) is 0 Å². The van der Waals surface area contributed by atoms with E-state index in [2.05, 4.69) is 58.6 Å². The molecule has 0 bridgehead atoms. The van der Waals surface area contributed by atoms with E-state index >= 15 is 0 Å². The summed E-state index contributed by atoms with van der Waals surface area (Å²) >= 11 is 5.28. The zero-order valence-corrected chi connectivity index (χ0v) is 12.2. The number of benzene rings is 1. The van der Waals surface area contributed by atoms with Crippen LogP contribution >= 0.6 is 27.3 Å². The quantitative estimate of drug-likeness (QED) is 0.904. The van der Waals surface area contributed by atoms with Gasteiger partial charge in [0.2, 0.25) is 0 Å². The van der Waals surface area contributed by atoms with Crippen molar-refractivity contribution < 1.29 is 0 Å². The Hall–Kier alpha value is -0.640. The van der Waals surface area contributed by atoms with E-state index in [1.165, 1.54) is 16.0 Å². The fourth-order valence-electron chi connectivity index (χ4n) is 1.97. The zero-order valence-electron chi connectivity index (χ0n) is 9.82. The molecule has 1 atom stereocenters. The van der Waals surface area contributed by atoms with Crippen LogP contribution < -0.4 is 5.73 Å². The average Bonchev–Trinajstić information content (AvgIpc) is 2.72. The molecule has 2 rings (SSSR count). The van der Waals surface area contributed by atoms with Crippen LogP contribution in [0.1, 0.15) is 21.9 Å². The van der Waals surface area contributed by atoms with E-state index < -0.39 is 0 Å². The van der Waals surface area contributed by atoms with Gasteiger partial charge in [0.1, 0.15) is 0 Å². The van der Waals surface area contributed by atoms with Crippen LogP contribution in [-0.2, 0) is 6.42 Å². The Morgan fingerprint density at radius 1 is 1.35 bits per heavy atom. The second-order valence-corrected chi connectivity index (χ2v) is 6.19. The van der Waals surface area contributed by atoms with Crippen molar-refractivity contribution in [2.45, 2.75) is 19.3 Å². The predicted octanol–water partition coefficient (Wildman–Crippen LogP) is 4.10. The van der Waals surface area contributed by atoms with Crippen LogP contribution in [0.3, 0.4) is 0 Å². The second kappa shape index (κ2) is 5.80. The number of nitrogens with two attached hydrogens (primary N) is 1. The highest BCUT2D eigenvalue weighted by Crippen LogP contribution is 2.26. The largest absolute Gasteiger partial charge is 0.330 e. The zero-order chi connectivity index (χ0) is 12.3. The first-order valence-electron chi connectivity index (χ1n) is 5.68. The van der Waals surface area contributed by atoms with E-state index in [4.69, 9.17) is 5.73 Å². The summed E-state index contributed by atoms with van der Waals surface area (Å²) in [5.74, 6) is 0.417. The molecular weight excluding hydrogens is 294 g/mol. The summed E-state index contributed by atoms with van der Waals surface area (Å²) in [6.45, 7) is 2.82. The molecule has 0 saturated heterocycles. The van der Waals surface area contributed by atoms with Crippen LogP contribution in [0.15, 0.2) is 40.2 Å². The molecule has 0 aliphatic carbocycles. The van der Waals surface area contributed by atoms with Gasteiger partial charge >= 0.3 is 0 Å². The monoisotopic (exact) mass is 309 g/mol. The molecule has 90 valence electrons. The van der Waals surface area contributed by atoms with Gasteiger partial charge in [0.05, 0.1) is 0 Å². The molecule has 3 heteroatoms. The topological polar surface area (TPSA) is 26.0 Å². The van der Waals surface area contributed by atoms with Crippen molar-refractivity contribution in [1.82, 2.24) is 0 Å². The van der Waals surface area contributed by atoms with Gasteiger partial charge in [0, 0.05) is 20.6 Å². The fourth-order valence-corrected chi connectivity index (χ4v) is 3.50. The minimum atomic E-state index is 0.417. The van der Waals surface area contributed by atoms with Gasteiger partial charge in [-0.3, -0.25) is 0 Å². The van der Waals surface area contributed by atoms with Crippen LogP contribution in [0.25, 0.3) is 0 Å². The lowest BCUT2D eigenvalue weighted by atomic mass is 9.94. The Balaban J connectivity index is 2.16. The Morgan fingerprint density at radius 3 is 2.76 bits per heavy atom. The molecule has 0 aliphatic heterocycles. The molecule has 1 nitrogen and oxygen atoms in total. The Morgan fingerprint density at radius 2 is 2.18 bits per heavy atom. The summed E-state index contributed by atoms with van der Waals surface area (Å²) in [4.78, 5) is 1.38. The van der Waals surface area contributed by atoms with Crippen LogP contribution in [0, 0.1) is 6.92 Å². The first-order valence-corrected chi connectivity index (χ1v) is 7.36. The SMILES string of the molecule is Cc1cccc(C(CN)Cc2cc(Br)cs2)c1. The molecule has 1 unspecified atom stereocenters. The molecule has 1 heterocycles. The standard InChI is InChI=1S/C14H16BrNS/c1-10-3-2-4-11(5-10)12(8-16)6-14-7-13(15)9-17-14/h2-5,7,9,12H,6,8,16H2,1H3. The molecular formula is C14H16BrNS. The maximum Gasteiger partial charge on any atom is 0.0285 e. The first kappa shape index (κ1) is 12.8. The Bertz CT molecular complexity index is 492. The van der Waals surface area contributed by atoms with Crippen molar-refractivity contribution in [2.24, 2.45) is 5.73 Å². The Labute approximate surface area is 115 Å². The van der Waals surface area contributed by atoms with Gasteiger partial charge < -0.3 is 5.73 Å². The third-order valence-electron chi connectivity index (χ3n) is 2.87. The minimum absolute atomic E-state index is 0.417. The molecule has 0 fully saturated rings. The molecule has 2 N–H and O–H groups in total. The second-order valence-electron chi connectivity index (χ2n) is 4.28. The number of thiophene rings is 1. The van der Waals surface area contributed by atoms with Crippen molar-refractivity contribution in [2.75, 3.05) is 6.54 Å². The van der Waals surface area contributed by atoms with Gasteiger partial charge in [0.25, 0.3) is 0 Å². The van der Waals surface area contributed by atoms with Gasteiger partial charge in [0.15, 0.2) is 0 Å². The normalized spacial score (nSPS) is 12.6. The summed E-state index contributed by atoms with van der Waals surface area (Å²) in [5, 5.41) is 2.12. The average molecular weight is 310 g/mol. The summed E-state index contributed by atoms with van der Waals surface area (Å²) in [7, 11) is 0. The van der Waals surface area contributed by atoms with Crippen molar-refractivity contribution in [3.63, 3.8) is 0 Å². The summed E-state index contributed by atoms with van der Waals surface area (Å²) in [6, 6.07) is 10.8. The molecule has 0 saturated carbocycles. The van der Waals surface area contributed by atoms with Gasteiger partial charge in [-0.1, -0.05) is 29.8 Å². The first-order chi connectivity index (χ1) is 8.19. The van der Waals surface area contributed by atoms with Gasteiger partial charge in [-0.2, -0.15) is 0 Å². The number of aryl methyl sites for hydroxylation is 1. The van der Waals surface area contributed by atoms with Crippen LogP contribution in [-0.4, -0.2) is 6.54 Å². The van der Waals surface area contributed by atoms with E-state index in [0.29, 0.717) is 12.5 Å². The van der Waals surface area contributed by atoms with Crippen molar-refractivity contribution in [3.05, 3.63) is 56.2 Å². The molecule has 0 spiro atoms. The van der Waals surface area contributed by atoms with Gasteiger partial charge in [-0.15, -0.1) is 11.3 Å². The molecule has 0 aliphatic rings. The lowest BCUT2D eigenvalue weighted by Gasteiger charge is -2.14. The molecule has 1 aromatic heterocycles. The molecule has 0 radical (unpaired) electrons. The summed E-state index contributed by atoms with van der Waals surface area (Å²) < 4.78 is 1.16. The maximum atomic E-state index is 5.90. The molecule has 0 amide bonds. The van der Waals surface area contributed by atoms with Crippen molar-refractivity contribution in [3.8, 4) is 0 Å². The highest BCUT2D eigenvalue weighted by molar-refractivity contribution is 9.10. The van der Waals surface area contributed by atoms with Crippen molar-refractivity contribution >= 4 is 27.3 Å². The Kier molecular flexibility index (Phi) is 4.37. The number of hydrogen-bond donors (Lipinski definition) is 1. The number of rotatable bonds is 4. The van der Waals surface area contributed by atoms with Crippen LogP contribution in [0.2, 0.25) is 0 Å². The molecule has 1 aromatic carbocycles. The fraction of sp³-hybridized carbons (Fsp3) is 0.286. The van der Waals surface area contributed by atoms with E-state index in [1.54, 1.807) is 11.3 Å². The van der Waals surface area contributed by atoms with Crippen molar-refractivity contribution in [1.29, 1.82) is 0 Å². The van der Waals surface area contributed by atoms with Gasteiger partial charge in [-0.25, -0.2) is 0 Å². The molecule has 17 heavy (non-hydrogen) atoms. The third kappa shape index (κ3) is 3.41. The number of halogens is 1. The highest BCUT2D eigenvalue weighted by atomic mass is 79.9. The molecule has 2 aromatic rings. The van der Waals surface area contributed by atoms with E-state index in [1.807, 2.05) is 0 Å². The summed E-state index contributed by atoms with van der Waals surface area (Å²) in [6.07, 6.45) is 1.02. The lowest BCUT2D eigenvalue weighted by molar-refractivity contribution is 0.700. The van der Waals surface area contributed by atoms with Crippen LogP contribution in [0.4, 0.5) is 0 Å². The highest BCUT2D eigenvalue weighted by Gasteiger charge is 2.12. The number of hydrogen-bond acceptors (Lipinski definition) is 2. The third-order valence-corrected chi connectivity index (χ3v) is 4.59. The van der Waals surface area contributed by atoms with Crippen LogP contribution in [0.5, 0.6) is 0 Å². The van der Waals surface area contributed by atoms with Gasteiger partial charge in [-0.05, 0) is 47.4 Å². The van der Waals surface area contributed by atoms with E-state index in [0.717, 1.165) is 10.9 Å². The maximum absolute atomic E-state index is 5.90. The lowest BCUT2D eigenvalue weighted by Crippen LogP contribution is -2.14. The predicted molar refractivity (Wildman–Crippen MR) is 78.7 cm³/mol. The van der Waals surface area contributed by atoms with E-state index in [-0.39, 0.29) is 0 Å². The summed E-state index contributed by atoms with van der Waals surface area (Å²) in [5.41, 5.74) is 8.55. The smallest absolute Gasteiger partial charge is 0.0285 e. The minimum Gasteiger partial charge on any atom is -0.330 e.